The van der Waals surface area contributed by atoms with Crippen LogP contribution in [0, 0.1) is 0 Å². The predicted octanol–water partition coefficient (Wildman–Crippen LogP) is 1.82. The van der Waals surface area contributed by atoms with Crippen LogP contribution in [0.15, 0.2) is 24.3 Å². The molecule has 0 atom stereocenters. The van der Waals surface area contributed by atoms with E-state index >= 15 is 0 Å². The molecule has 0 saturated carbocycles. The zero-order valence-electron chi connectivity index (χ0n) is 5.34. The second-order valence-corrected chi connectivity index (χ2v) is 2.40. The Balaban J connectivity index is 2.75. The van der Waals surface area contributed by atoms with Crippen LogP contribution in [0.25, 0.3) is 0 Å². The first-order valence-corrected chi connectivity index (χ1v) is 3.32. The molecule has 1 aromatic carbocycles. The second-order valence-electron chi connectivity index (χ2n) is 1.96. The maximum Gasteiger partial charge on any atom is 0.0458 e. The molecule has 0 aliphatic carbocycles. The quantitative estimate of drug-likeness (QED) is 0.642. The Morgan fingerprint density at radius 1 is 1.50 bits per heavy atom. The normalized spacial score (nSPS) is 9.80. The van der Waals surface area contributed by atoms with Crippen molar-refractivity contribution in [3.63, 3.8) is 0 Å². The summed E-state index contributed by atoms with van der Waals surface area (Å²) in [7, 11) is 0. The van der Waals surface area contributed by atoms with Crippen LogP contribution in [0.3, 0.4) is 0 Å². The molecule has 0 heterocycles. The molecule has 0 aliphatic heterocycles. The standard InChI is InChI=1S/C7H8ClNO/c8-7-3-1-2-6(4-7)5-9-10/h1-4,9-10H,5H2. The summed E-state index contributed by atoms with van der Waals surface area (Å²) in [5.41, 5.74) is 3.02. The van der Waals surface area contributed by atoms with Gasteiger partial charge in [0.1, 0.15) is 0 Å². The summed E-state index contributed by atoms with van der Waals surface area (Å²) < 4.78 is 0. The molecular formula is C7H8ClNO. The first-order valence-electron chi connectivity index (χ1n) is 2.94. The highest BCUT2D eigenvalue weighted by molar-refractivity contribution is 6.30. The van der Waals surface area contributed by atoms with Gasteiger partial charge in [-0.15, -0.1) is 0 Å². The van der Waals surface area contributed by atoms with Gasteiger partial charge < -0.3 is 5.21 Å². The minimum Gasteiger partial charge on any atom is -0.316 e. The van der Waals surface area contributed by atoms with Gasteiger partial charge in [0.05, 0.1) is 0 Å². The summed E-state index contributed by atoms with van der Waals surface area (Å²) in [5.74, 6) is 0. The molecule has 10 heavy (non-hydrogen) atoms. The Morgan fingerprint density at radius 3 is 2.90 bits per heavy atom. The van der Waals surface area contributed by atoms with Crippen molar-refractivity contribution >= 4 is 11.6 Å². The van der Waals surface area contributed by atoms with Gasteiger partial charge in [0.2, 0.25) is 0 Å². The van der Waals surface area contributed by atoms with Crippen molar-refractivity contribution < 1.29 is 5.21 Å². The summed E-state index contributed by atoms with van der Waals surface area (Å²) in [6, 6.07) is 7.32. The molecule has 0 fully saturated rings. The highest BCUT2D eigenvalue weighted by Gasteiger charge is 1.90. The molecule has 3 heteroatoms. The number of hydrogen-bond donors (Lipinski definition) is 2. The van der Waals surface area contributed by atoms with E-state index in [1.54, 1.807) is 12.1 Å². The van der Waals surface area contributed by atoms with E-state index in [9.17, 15) is 0 Å². The lowest BCUT2D eigenvalue weighted by atomic mass is 10.2. The molecule has 0 unspecified atom stereocenters. The van der Waals surface area contributed by atoms with E-state index in [1.807, 2.05) is 12.1 Å². The predicted molar refractivity (Wildman–Crippen MR) is 40.1 cm³/mol. The zero-order valence-corrected chi connectivity index (χ0v) is 6.10. The van der Waals surface area contributed by atoms with Gasteiger partial charge in [-0.25, -0.2) is 5.48 Å². The lowest BCUT2D eigenvalue weighted by Gasteiger charge is -1.97. The maximum absolute atomic E-state index is 8.32. The van der Waals surface area contributed by atoms with Crippen LogP contribution < -0.4 is 5.48 Å². The van der Waals surface area contributed by atoms with Crippen molar-refractivity contribution in [2.45, 2.75) is 6.54 Å². The molecule has 54 valence electrons. The summed E-state index contributed by atoms with van der Waals surface area (Å²) in [6.07, 6.45) is 0. The lowest BCUT2D eigenvalue weighted by molar-refractivity contribution is 0.161. The molecule has 0 radical (unpaired) electrons. The van der Waals surface area contributed by atoms with Gasteiger partial charge in [-0.1, -0.05) is 23.7 Å². The van der Waals surface area contributed by atoms with E-state index in [4.69, 9.17) is 16.8 Å². The topological polar surface area (TPSA) is 32.3 Å². The third-order valence-corrected chi connectivity index (χ3v) is 1.41. The molecule has 0 aliphatic rings. The summed E-state index contributed by atoms with van der Waals surface area (Å²) in [6.45, 7) is 0.431. The fourth-order valence-corrected chi connectivity index (χ4v) is 0.951. The maximum atomic E-state index is 8.32. The van der Waals surface area contributed by atoms with Crippen molar-refractivity contribution in [1.82, 2.24) is 5.48 Å². The average Bonchev–Trinajstić information content (AvgIpc) is 1.88. The first kappa shape index (κ1) is 7.54. The third kappa shape index (κ3) is 1.99. The molecule has 0 aromatic heterocycles. The molecule has 1 rings (SSSR count). The first-order chi connectivity index (χ1) is 4.83. The van der Waals surface area contributed by atoms with Crippen LogP contribution in [0.1, 0.15) is 5.56 Å². The molecule has 0 spiro atoms. The fourth-order valence-electron chi connectivity index (χ4n) is 0.738. The third-order valence-electron chi connectivity index (χ3n) is 1.17. The Kier molecular flexibility index (Phi) is 2.68. The van der Waals surface area contributed by atoms with Crippen LogP contribution in [-0.4, -0.2) is 5.21 Å². The highest BCUT2D eigenvalue weighted by atomic mass is 35.5. The van der Waals surface area contributed by atoms with Crippen LogP contribution in [0.5, 0.6) is 0 Å². The molecule has 0 bridgehead atoms. The minimum absolute atomic E-state index is 0.431. The molecule has 1 aromatic rings. The van der Waals surface area contributed by atoms with E-state index in [2.05, 4.69) is 5.48 Å². The van der Waals surface area contributed by atoms with E-state index in [1.165, 1.54) is 0 Å². The zero-order chi connectivity index (χ0) is 7.40. The van der Waals surface area contributed by atoms with Gasteiger partial charge in [0.15, 0.2) is 0 Å². The second kappa shape index (κ2) is 3.56. The van der Waals surface area contributed by atoms with Crippen molar-refractivity contribution in [1.29, 1.82) is 0 Å². The largest absolute Gasteiger partial charge is 0.316 e. The molecule has 2 nitrogen and oxygen atoms in total. The van der Waals surface area contributed by atoms with Crippen molar-refractivity contribution in [2.24, 2.45) is 0 Å². The van der Waals surface area contributed by atoms with Gasteiger partial charge in [-0.05, 0) is 17.7 Å². The van der Waals surface area contributed by atoms with Gasteiger partial charge in [-0.3, -0.25) is 0 Å². The Labute approximate surface area is 64.4 Å². The fraction of sp³-hybridized carbons (Fsp3) is 0.143. The molecule has 0 saturated heterocycles. The van der Waals surface area contributed by atoms with Gasteiger partial charge >= 0.3 is 0 Å². The lowest BCUT2D eigenvalue weighted by Crippen LogP contribution is -2.05. The van der Waals surface area contributed by atoms with E-state index in [0.717, 1.165) is 5.56 Å². The molecule has 2 N–H and O–H groups in total. The summed E-state index contributed by atoms with van der Waals surface area (Å²) >= 11 is 5.67. The van der Waals surface area contributed by atoms with Crippen molar-refractivity contribution in [2.75, 3.05) is 0 Å². The minimum atomic E-state index is 0.431. The number of hydrogen-bond acceptors (Lipinski definition) is 2. The monoisotopic (exact) mass is 157 g/mol. The van der Waals surface area contributed by atoms with E-state index in [-0.39, 0.29) is 0 Å². The number of halogens is 1. The van der Waals surface area contributed by atoms with Crippen LogP contribution in [-0.2, 0) is 6.54 Å². The number of benzene rings is 1. The van der Waals surface area contributed by atoms with Gasteiger partial charge in [-0.2, -0.15) is 0 Å². The Hall–Kier alpha value is -0.570. The molecular weight excluding hydrogens is 150 g/mol. The number of rotatable bonds is 2. The number of hydroxylamine groups is 1. The highest BCUT2D eigenvalue weighted by Crippen LogP contribution is 2.09. The van der Waals surface area contributed by atoms with Gasteiger partial charge in [0, 0.05) is 11.6 Å². The van der Waals surface area contributed by atoms with Crippen molar-refractivity contribution in [3.05, 3.63) is 34.9 Å². The molecule has 0 amide bonds. The van der Waals surface area contributed by atoms with Gasteiger partial charge in [0.25, 0.3) is 0 Å². The Morgan fingerprint density at radius 2 is 2.30 bits per heavy atom. The summed E-state index contributed by atoms with van der Waals surface area (Å²) in [5, 5.41) is 9.01. The Bertz CT molecular complexity index is 215. The SMILES string of the molecule is ONCc1cccc(Cl)c1. The smallest absolute Gasteiger partial charge is 0.0458 e. The van der Waals surface area contributed by atoms with E-state index < -0.39 is 0 Å². The van der Waals surface area contributed by atoms with Crippen LogP contribution in [0.2, 0.25) is 5.02 Å². The van der Waals surface area contributed by atoms with E-state index in [0.29, 0.717) is 11.6 Å². The van der Waals surface area contributed by atoms with Crippen LogP contribution >= 0.6 is 11.6 Å². The van der Waals surface area contributed by atoms with Crippen LogP contribution in [0.4, 0.5) is 0 Å². The van der Waals surface area contributed by atoms with Crippen molar-refractivity contribution in [3.8, 4) is 0 Å². The average molecular weight is 158 g/mol. The summed E-state index contributed by atoms with van der Waals surface area (Å²) in [4.78, 5) is 0. The number of nitrogens with one attached hydrogen (secondary N) is 1.